The first-order valence-electron chi connectivity index (χ1n) is 11.6. The van der Waals surface area contributed by atoms with Crippen molar-refractivity contribution in [2.24, 2.45) is 17.8 Å². The van der Waals surface area contributed by atoms with E-state index < -0.39 is 11.9 Å². The van der Waals surface area contributed by atoms with Crippen LogP contribution in [0.5, 0.6) is 5.75 Å². The van der Waals surface area contributed by atoms with Gasteiger partial charge in [0.1, 0.15) is 5.75 Å². The number of rotatable bonds is 4. The molecule has 0 unspecified atom stereocenters. The molecule has 2 heterocycles. The lowest BCUT2D eigenvalue weighted by Crippen LogP contribution is -2.31. The summed E-state index contributed by atoms with van der Waals surface area (Å²) in [6, 6.07) is 11.8. The number of benzene rings is 2. The first-order valence-corrected chi connectivity index (χ1v) is 12.0. The van der Waals surface area contributed by atoms with Gasteiger partial charge >= 0.3 is 5.97 Å². The van der Waals surface area contributed by atoms with Gasteiger partial charge in [0.25, 0.3) is 0 Å². The number of hydrogen-bond acceptors (Lipinski definition) is 5. The third kappa shape index (κ3) is 4.14. The minimum absolute atomic E-state index is 0.0310. The quantitative estimate of drug-likeness (QED) is 0.272. The highest BCUT2D eigenvalue weighted by atomic mass is 35.5. The van der Waals surface area contributed by atoms with Crippen molar-refractivity contribution in [3.05, 3.63) is 64.7 Å². The van der Waals surface area contributed by atoms with Crippen LogP contribution < -0.4 is 14.5 Å². The number of hydrogen-bond donors (Lipinski definition) is 0. The number of fused-ring (bicyclic) bond motifs is 1. The zero-order valence-electron chi connectivity index (χ0n) is 19.5. The monoisotopic (exact) mass is 492 g/mol. The summed E-state index contributed by atoms with van der Waals surface area (Å²) in [5.74, 6) is -2.26. The maximum Gasteiger partial charge on any atom is 0.316 e. The van der Waals surface area contributed by atoms with Gasteiger partial charge in [0.2, 0.25) is 17.7 Å². The first kappa shape index (κ1) is 23.3. The van der Waals surface area contributed by atoms with Crippen molar-refractivity contribution in [1.29, 1.82) is 0 Å². The summed E-state index contributed by atoms with van der Waals surface area (Å²) in [4.78, 5) is 54.3. The average Bonchev–Trinajstić information content (AvgIpc) is 3.33. The van der Waals surface area contributed by atoms with E-state index in [2.05, 4.69) is 0 Å². The zero-order chi connectivity index (χ0) is 24.9. The molecule has 0 aromatic heterocycles. The van der Waals surface area contributed by atoms with Gasteiger partial charge in [-0.3, -0.25) is 19.2 Å². The molecule has 0 N–H and O–H groups in total. The van der Waals surface area contributed by atoms with Crippen LogP contribution in [-0.4, -0.2) is 30.2 Å². The Morgan fingerprint density at radius 2 is 1.74 bits per heavy atom. The molecule has 0 saturated carbocycles. The highest BCUT2D eigenvalue weighted by molar-refractivity contribution is 6.31. The smallest absolute Gasteiger partial charge is 0.316 e. The maximum absolute atomic E-state index is 13.0. The van der Waals surface area contributed by atoms with E-state index >= 15 is 0 Å². The van der Waals surface area contributed by atoms with Gasteiger partial charge in [-0.25, -0.2) is 4.90 Å². The van der Waals surface area contributed by atoms with E-state index in [1.807, 2.05) is 19.9 Å². The molecule has 3 atom stereocenters. The molecule has 1 aliphatic carbocycles. The molecule has 2 fully saturated rings. The topological polar surface area (TPSA) is 84.0 Å². The van der Waals surface area contributed by atoms with E-state index in [9.17, 15) is 19.2 Å². The number of carbonyl (C=O) groups is 4. The molecule has 7 nitrogen and oxygen atoms in total. The largest absolute Gasteiger partial charge is 0.426 e. The fraction of sp³-hybridized carbons (Fsp3) is 0.333. The Labute approximate surface area is 208 Å². The number of imide groups is 1. The third-order valence-electron chi connectivity index (χ3n) is 7.11. The molecule has 0 spiro atoms. The normalized spacial score (nSPS) is 24.0. The summed E-state index contributed by atoms with van der Waals surface area (Å²) in [5, 5.41) is 0.551. The number of ether oxygens (including phenoxy) is 1. The molecule has 0 radical (unpaired) electrons. The van der Waals surface area contributed by atoms with Crippen molar-refractivity contribution in [3.8, 4) is 5.75 Å². The SMILES string of the molecule is CC1=CC[C@@H]2C(=O)N(c3cccc(OC(=O)[C@@H]4CC(=O)N(c5cccc(Cl)c5C)C4)c3)C(=O)[C@H]2C1. The standard InChI is InChI=1S/C27H25ClN2O5/c1-15-9-10-20-21(11-15)26(33)30(25(20)32)18-5-3-6-19(13-18)35-27(34)17-12-24(31)29(14-17)23-8-4-7-22(28)16(23)2/h3-9,13,17,20-21H,10-12,14H2,1-2H3/t17-,20+,21+/m1/s1. The Balaban J connectivity index is 1.30. The maximum atomic E-state index is 13.0. The average molecular weight is 493 g/mol. The van der Waals surface area contributed by atoms with Gasteiger partial charge in [0, 0.05) is 29.7 Å². The van der Waals surface area contributed by atoms with E-state index in [-0.39, 0.29) is 48.3 Å². The van der Waals surface area contributed by atoms with Crippen LogP contribution in [0, 0.1) is 24.7 Å². The van der Waals surface area contributed by atoms with Crippen molar-refractivity contribution in [2.45, 2.75) is 33.1 Å². The number of halogens is 1. The molecule has 2 aliphatic heterocycles. The summed E-state index contributed by atoms with van der Waals surface area (Å²) >= 11 is 6.20. The molecule has 35 heavy (non-hydrogen) atoms. The van der Waals surface area contributed by atoms with Crippen molar-refractivity contribution < 1.29 is 23.9 Å². The van der Waals surface area contributed by atoms with E-state index in [1.54, 1.807) is 41.3 Å². The van der Waals surface area contributed by atoms with Crippen molar-refractivity contribution in [2.75, 3.05) is 16.3 Å². The molecule has 2 aromatic rings. The predicted octanol–water partition coefficient (Wildman–Crippen LogP) is 4.45. The summed E-state index contributed by atoms with van der Waals surface area (Å²) in [6.07, 6.45) is 3.19. The number of anilines is 2. The highest BCUT2D eigenvalue weighted by Gasteiger charge is 2.48. The molecule has 2 saturated heterocycles. The molecular formula is C27H25ClN2O5. The third-order valence-corrected chi connectivity index (χ3v) is 7.51. The molecular weight excluding hydrogens is 468 g/mol. The molecule has 180 valence electrons. The molecule has 8 heteroatoms. The van der Waals surface area contributed by atoms with E-state index in [0.29, 0.717) is 29.2 Å². The van der Waals surface area contributed by atoms with Crippen LogP contribution >= 0.6 is 11.6 Å². The van der Waals surface area contributed by atoms with Gasteiger partial charge in [-0.05, 0) is 56.5 Å². The minimum atomic E-state index is -0.642. The van der Waals surface area contributed by atoms with Gasteiger partial charge in [0.05, 0.1) is 23.4 Å². The fourth-order valence-corrected chi connectivity index (χ4v) is 5.33. The lowest BCUT2D eigenvalue weighted by molar-refractivity contribution is -0.139. The molecule has 3 amide bonds. The van der Waals surface area contributed by atoms with Crippen LogP contribution in [0.1, 0.15) is 31.7 Å². The van der Waals surface area contributed by atoms with Gasteiger partial charge in [-0.2, -0.15) is 0 Å². The lowest BCUT2D eigenvalue weighted by atomic mass is 9.82. The summed E-state index contributed by atoms with van der Waals surface area (Å²) < 4.78 is 5.59. The second kappa shape index (κ2) is 8.96. The van der Waals surface area contributed by atoms with Crippen molar-refractivity contribution >= 4 is 46.7 Å². The predicted molar refractivity (Wildman–Crippen MR) is 131 cm³/mol. The Hall–Kier alpha value is -3.45. The summed E-state index contributed by atoms with van der Waals surface area (Å²) in [5.41, 5.74) is 2.95. The van der Waals surface area contributed by atoms with Gasteiger partial charge < -0.3 is 9.64 Å². The summed E-state index contributed by atoms with van der Waals surface area (Å²) in [6.45, 7) is 3.99. The van der Waals surface area contributed by atoms with Crippen LogP contribution in [0.25, 0.3) is 0 Å². The second-order valence-corrected chi connectivity index (χ2v) is 9.83. The number of amides is 3. The number of carbonyl (C=O) groups excluding carboxylic acids is 4. The van der Waals surface area contributed by atoms with Gasteiger partial charge in [-0.1, -0.05) is 35.4 Å². The van der Waals surface area contributed by atoms with Crippen LogP contribution in [0.2, 0.25) is 5.02 Å². The number of allylic oxidation sites excluding steroid dienone is 2. The van der Waals surface area contributed by atoms with Gasteiger partial charge in [-0.15, -0.1) is 0 Å². The van der Waals surface area contributed by atoms with Crippen LogP contribution in [-0.2, 0) is 19.2 Å². The number of nitrogens with zero attached hydrogens (tertiary/aromatic N) is 2. The van der Waals surface area contributed by atoms with Crippen molar-refractivity contribution in [3.63, 3.8) is 0 Å². The molecule has 2 aromatic carbocycles. The number of esters is 1. The summed E-state index contributed by atoms with van der Waals surface area (Å²) in [7, 11) is 0. The fourth-order valence-electron chi connectivity index (χ4n) is 5.16. The van der Waals surface area contributed by atoms with Gasteiger partial charge in [0.15, 0.2) is 0 Å². The van der Waals surface area contributed by atoms with Crippen LogP contribution in [0.3, 0.4) is 0 Å². The van der Waals surface area contributed by atoms with E-state index in [1.165, 1.54) is 11.0 Å². The van der Waals surface area contributed by atoms with Crippen LogP contribution in [0.4, 0.5) is 11.4 Å². The highest BCUT2D eigenvalue weighted by Crippen LogP contribution is 2.40. The Morgan fingerprint density at radius 1 is 1.00 bits per heavy atom. The minimum Gasteiger partial charge on any atom is -0.426 e. The Kier molecular flexibility index (Phi) is 5.97. The molecule has 0 bridgehead atoms. The Morgan fingerprint density at radius 3 is 2.54 bits per heavy atom. The van der Waals surface area contributed by atoms with E-state index in [0.717, 1.165) is 11.1 Å². The van der Waals surface area contributed by atoms with E-state index in [4.69, 9.17) is 16.3 Å². The van der Waals surface area contributed by atoms with Crippen LogP contribution in [0.15, 0.2) is 54.1 Å². The molecule has 3 aliphatic rings. The zero-order valence-corrected chi connectivity index (χ0v) is 20.2. The molecule has 5 rings (SSSR count). The van der Waals surface area contributed by atoms with Crippen molar-refractivity contribution in [1.82, 2.24) is 0 Å². The lowest BCUT2D eigenvalue weighted by Gasteiger charge is -2.19. The first-order chi connectivity index (χ1) is 16.7. The second-order valence-electron chi connectivity index (χ2n) is 9.42. The Bertz CT molecular complexity index is 1290.